The number of fused-ring (bicyclic) bond motifs is 2. The van der Waals surface area contributed by atoms with Gasteiger partial charge in [0.15, 0.2) is 11.3 Å². The number of nitrogens with one attached hydrogen (secondary N) is 2. The standard InChI is InChI=1S/C11H9N9S/c12-16-10-14-8-6(5-13-18-8)9(15-10)21-11-19-17-7-3-1-2-4-20(7)11/h1-5H,12H2,(H2,13,14,15,16,18). The molecule has 0 aliphatic carbocycles. The maximum absolute atomic E-state index is 5.39. The SMILES string of the molecule is NNc1nc(Sc2nnc3ccccn23)c2cn[nH]c2n1. The molecule has 0 aliphatic heterocycles. The molecule has 4 heterocycles. The van der Waals surface area contributed by atoms with Crippen molar-refractivity contribution >= 4 is 34.4 Å². The first-order chi connectivity index (χ1) is 10.3. The summed E-state index contributed by atoms with van der Waals surface area (Å²) in [5, 5.41) is 17.3. The molecule has 4 rings (SSSR count). The van der Waals surface area contributed by atoms with E-state index in [1.807, 2.05) is 28.8 Å². The average molecular weight is 299 g/mol. The van der Waals surface area contributed by atoms with E-state index in [9.17, 15) is 0 Å². The van der Waals surface area contributed by atoms with E-state index in [-0.39, 0.29) is 0 Å². The van der Waals surface area contributed by atoms with E-state index in [2.05, 4.69) is 35.8 Å². The molecule has 0 saturated carbocycles. The lowest BCUT2D eigenvalue weighted by atomic mass is 10.4. The quantitative estimate of drug-likeness (QED) is 0.289. The highest BCUT2D eigenvalue weighted by Crippen LogP contribution is 2.30. The van der Waals surface area contributed by atoms with Gasteiger partial charge in [-0.1, -0.05) is 6.07 Å². The van der Waals surface area contributed by atoms with Gasteiger partial charge in [-0.3, -0.25) is 14.9 Å². The van der Waals surface area contributed by atoms with Crippen LogP contribution in [0.25, 0.3) is 16.7 Å². The fraction of sp³-hybridized carbons (Fsp3) is 0. The molecule has 4 aromatic heterocycles. The summed E-state index contributed by atoms with van der Waals surface area (Å²) in [6.07, 6.45) is 3.56. The van der Waals surface area contributed by atoms with Crippen LogP contribution in [0.1, 0.15) is 0 Å². The van der Waals surface area contributed by atoms with Crippen molar-refractivity contribution in [1.29, 1.82) is 0 Å². The lowest BCUT2D eigenvalue weighted by Crippen LogP contribution is -2.10. The van der Waals surface area contributed by atoms with Crippen molar-refractivity contribution in [3.63, 3.8) is 0 Å². The Hall–Kier alpha value is -2.72. The number of aromatic nitrogens is 7. The zero-order valence-corrected chi connectivity index (χ0v) is 11.4. The minimum absolute atomic E-state index is 0.308. The number of aromatic amines is 1. The first kappa shape index (κ1) is 12.1. The highest BCUT2D eigenvalue weighted by Gasteiger charge is 2.14. The Morgan fingerprint density at radius 3 is 3.10 bits per heavy atom. The molecule has 0 unspecified atom stereocenters. The molecule has 9 nitrogen and oxygen atoms in total. The van der Waals surface area contributed by atoms with Gasteiger partial charge < -0.3 is 0 Å². The first-order valence-corrected chi connectivity index (χ1v) is 6.82. The zero-order chi connectivity index (χ0) is 14.2. The molecular weight excluding hydrogens is 290 g/mol. The molecule has 0 aromatic carbocycles. The summed E-state index contributed by atoms with van der Waals surface area (Å²) < 4.78 is 1.88. The summed E-state index contributed by atoms with van der Waals surface area (Å²) in [5.41, 5.74) is 3.82. The Labute approximate surface area is 122 Å². The second kappa shape index (κ2) is 4.68. The summed E-state index contributed by atoms with van der Waals surface area (Å²) in [4.78, 5) is 8.53. The monoisotopic (exact) mass is 299 g/mol. The topological polar surface area (TPSA) is 123 Å². The predicted molar refractivity (Wildman–Crippen MR) is 76.6 cm³/mol. The molecule has 21 heavy (non-hydrogen) atoms. The van der Waals surface area contributed by atoms with Crippen molar-refractivity contribution < 1.29 is 0 Å². The van der Waals surface area contributed by atoms with Crippen LogP contribution in [-0.4, -0.2) is 34.8 Å². The van der Waals surface area contributed by atoms with E-state index in [0.29, 0.717) is 21.8 Å². The van der Waals surface area contributed by atoms with Crippen LogP contribution in [0.3, 0.4) is 0 Å². The van der Waals surface area contributed by atoms with Gasteiger partial charge in [0.2, 0.25) is 11.1 Å². The second-order valence-electron chi connectivity index (χ2n) is 4.14. The third-order valence-corrected chi connectivity index (χ3v) is 3.84. The Balaban J connectivity index is 1.85. The van der Waals surface area contributed by atoms with Crippen molar-refractivity contribution in [3.8, 4) is 0 Å². The Morgan fingerprint density at radius 2 is 2.19 bits per heavy atom. The highest BCUT2D eigenvalue weighted by atomic mass is 32.2. The predicted octanol–water partition coefficient (Wildman–Crippen LogP) is 0.832. The van der Waals surface area contributed by atoms with Crippen LogP contribution in [0.2, 0.25) is 0 Å². The van der Waals surface area contributed by atoms with Crippen LogP contribution in [0, 0.1) is 0 Å². The molecule has 0 aliphatic rings. The van der Waals surface area contributed by atoms with Crippen LogP contribution in [0.5, 0.6) is 0 Å². The number of rotatable bonds is 3. The van der Waals surface area contributed by atoms with Crippen LogP contribution in [-0.2, 0) is 0 Å². The number of nitrogens with zero attached hydrogens (tertiary/aromatic N) is 6. The number of anilines is 1. The largest absolute Gasteiger partial charge is 0.292 e. The second-order valence-corrected chi connectivity index (χ2v) is 5.10. The smallest absolute Gasteiger partial charge is 0.240 e. The van der Waals surface area contributed by atoms with Crippen molar-refractivity contribution in [3.05, 3.63) is 30.6 Å². The van der Waals surface area contributed by atoms with Gasteiger partial charge in [-0.05, 0) is 23.9 Å². The third kappa shape index (κ3) is 1.97. The molecule has 4 N–H and O–H groups in total. The van der Waals surface area contributed by atoms with Gasteiger partial charge >= 0.3 is 0 Å². The maximum atomic E-state index is 5.39. The fourth-order valence-electron chi connectivity index (χ4n) is 1.93. The van der Waals surface area contributed by atoms with E-state index in [1.165, 1.54) is 11.8 Å². The molecule has 0 bridgehead atoms. The van der Waals surface area contributed by atoms with E-state index in [0.717, 1.165) is 11.0 Å². The Kier molecular flexibility index (Phi) is 2.69. The molecule has 0 atom stereocenters. The van der Waals surface area contributed by atoms with Gasteiger partial charge in [0.25, 0.3) is 0 Å². The van der Waals surface area contributed by atoms with Gasteiger partial charge in [-0.25, -0.2) is 10.8 Å². The average Bonchev–Trinajstić information content (AvgIpc) is 3.14. The minimum Gasteiger partial charge on any atom is -0.292 e. The summed E-state index contributed by atoms with van der Waals surface area (Å²) in [7, 11) is 0. The van der Waals surface area contributed by atoms with Gasteiger partial charge in [0.1, 0.15) is 5.03 Å². The van der Waals surface area contributed by atoms with Crippen molar-refractivity contribution in [2.45, 2.75) is 10.2 Å². The molecule has 0 spiro atoms. The lowest BCUT2D eigenvalue weighted by Gasteiger charge is -2.03. The summed E-state index contributed by atoms with van der Waals surface area (Å²) in [6, 6.07) is 5.71. The van der Waals surface area contributed by atoms with E-state index >= 15 is 0 Å². The molecular formula is C11H9N9S. The number of hydrazine groups is 1. The van der Waals surface area contributed by atoms with Crippen molar-refractivity contribution in [2.75, 3.05) is 5.43 Å². The molecule has 104 valence electrons. The number of H-pyrrole nitrogens is 1. The molecule has 4 aromatic rings. The van der Waals surface area contributed by atoms with Crippen molar-refractivity contribution in [1.82, 2.24) is 34.8 Å². The molecule has 0 saturated heterocycles. The van der Waals surface area contributed by atoms with E-state index < -0.39 is 0 Å². The van der Waals surface area contributed by atoms with E-state index in [1.54, 1.807) is 6.20 Å². The summed E-state index contributed by atoms with van der Waals surface area (Å²) in [5.74, 6) is 5.70. The number of hydrogen-bond acceptors (Lipinski definition) is 8. The normalized spacial score (nSPS) is 11.3. The summed E-state index contributed by atoms with van der Waals surface area (Å²) in [6.45, 7) is 0. The van der Waals surface area contributed by atoms with Crippen LogP contribution >= 0.6 is 11.8 Å². The van der Waals surface area contributed by atoms with Crippen LogP contribution in [0.4, 0.5) is 5.95 Å². The highest BCUT2D eigenvalue weighted by molar-refractivity contribution is 7.99. The lowest BCUT2D eigenvalue weighted by molar-refractivity contribution is 0.917. The van der Waals surface area contributed by atoms with Gasteiger partial charge in [-0.2, -0.15) is 10.1 Å². The van der Waals surface area contributed by atoms with Gasteiger partial charge in [-0.15, -0.1) is 10.2 Å². The van der Waals surface area contributed by atoms with Crippen LogP contribution in [0.15, 0.2) is 40.8 Å². The van der Waals surface area contributed by atoms with Gasteiger partial charge in [0, 0.05) is 6.20 Å². The van der Waals surface area contributed by atoms with Gasteiger partial charge in [0.05, 0.1) is 11.6 Å². The molecule has 10 heteroatoms. The first-order valence-electron chi connectivity index (χ1n) is 6.00. The molecule has 0 amide bonds. The molecule has 0 radical (unpaired) electrons. The Morgan fingerprint density at radius 1 is 1.24 bits per heavy atom. The summed E-state index contributed by atoms with van der Waals surface area (Å²) >= 11 is 1.37. The van der Waals surface area contributed by atoms with Crippen molar-refractivity contribution in [2.24, 2.45) is 5.84 Å². The van der Waals surface area contributed by atoms with E-state index in [4.69, 9.17) is 5.84 Å². The number of pyridine rings is 1. The molecule has 0 fully saturated rings. The Bertz CT molecular complexity index is 928. The number of nitrogens with two attached hydrogens (primary N) is 1. The maximum Gasteiger partial charge on any atom is 0.240 e. The minimum atomic E-state index is 0.308. The number of nitrogen functional groups attached to an aromatic ring is 1. The number of hydrogen-bond donors (Lipinski definition) is 3. The third-order valence-electron chi connectivity index (χ3n) is 2.87. The fourth-order valence-corrected chi connectivity index (χ4v) is 2.83. The zero-order valence-electron chi connectivity index (χ0n) is 10.6. The van der Waals surface area contributed by atoms with Crippen LogP contribution < -0.4 is 11.3 Å².